The van der Waals surface area contributed by atoms with Gasteiger partial charge in [0.2, 0.25) is 0 Å². The molecule has 0 N–H and O–H groups in total. The van der Waals surface area contributed by atoms with Crippen LogP contribution in [-0.4, -0.2) is 30.9 Å². The van der Waals surface area contributed by atoms with Crippen molar-refractivity contribution in [2.24, 2.45) is 0 Å². The Morgan fingerprint density at radius 1 is 0.519 bits per heavy atom. The third-order valence-corrected chi connectivity index (χ3v) is 4.54. The van der Waals surface area contributed by atoms with Crippen LogP contribution in [0.3, 0.4) is 0 Å². The van der Waals surface area contributed by atoms with Crippen LogP contribution in [0.15, 0.2) is 0 Å². The fourth-order valence-electron chi connectivity index (χ4n) is 3.05. The SMILES string of the molecule is CCOC(=O)CCCCCCCCCCCCCCC(=O)CC(=O)OCC. The van der Waals surface area contributed by atoms with E-state index in [2.05, 4.69) is 0 Å². The van der Waals surface area contributed by atoms with Crippen molar-refractivity contribution in [3.05, 3.63) is 0 Å². The zero-order valence-electron chi connectivity index (χ0n) is 17.6. The van der Waals surface area contributed by atoms with Crippen LogP contribution in [0.1, 0.15) is 110 Å². The van der Waals surface area contributed by atoms with Gasteiger partial charge in [-0.3, -0.25) is 14.4 Å². The van der Waals surface area contributed by atoms with Crippen molar-refractivity contribution in [1.82, 2.24) is 0 Å². The van der Waals surface area contributed by atoms with E-state index in [9.17, 15) is 14.4 Å². The summed E-state index contributed by atoms with van der Waals surface area (Å²) >= 11 is 0. The molecular weight excluding hydrogens is 344 g/mol. The van der Waals surface area contributed by atoms with E-state index in [0.29, 0.717) is 26.1 Å². The van der Waals surface area contributed by atoms with Gasteiger partial charge >= 0.3 is 11.9 Å². The number of unbranched alkanes of at least 4 members (excludes halogenated alkanes) is 11. The minimum atomic E-state index is -0.401. The first kappa shape index (κ1) is 25.6. The van der Waals surface area contributed by atoms with E-state index >= 15 is 0 Å². The maximum atomic E-state index is 11.6. The van der Waals surface area contributed by atoms with Gasteiger partial charge in [0.05, 0.1) is 13.2 Å². The number of hydrogen-bond acceptors (Lipinski definition) is 5. The predicted octanol–water partition coefficient (Wildman–Crippen LogP) is 5.53. The second-order valence-electron chi connectivity index (χ2n) is 7.07. The Balaban J connectivity index is 3.22. The normalized spacial score (nSPS) is 10.6. The molecule has 0 atom stereocenters. The summed E-state index contributed by atoms with van der Waals surface area (Å²) in [5.41, 5.74) is 0. The van der Waals surface area contributed by atoms with Gasteiger partial charge in [-0.1, -0.05) is 64.2 Å². The van der Waals surface area contributed by atoms with Gasteiger partial charge in [0.15, 0.2) is 0 Å². The molecule has 0 aromatic rings. The van der Waals surface area contributed by atoms with Crippen LogP contribution in [0.2, 0.25) is 0 Å². The van der Waals surface area contributed by atoms with E-state index in [4.69, 9.17) is 9.47 Å². The lowest BCUT2D eigenvalue weighted by Crippen LogP contribution is -2.10. The third-order valence-electron chi connectivity index (χ3n) is 4.54. The first-order valence-corrected chi connectivity index (χ1v) is 10.9. The topological polar surface area (TPSA) is 69.7 Å². The number of carbonyl (C=O) groups is 3. The second-order valence-corrected chi connectivity index (χ2v) is 7.07. The maximum Gasteiger partial charge on any atom is 0.313 e. The van der Waals surface area contributed by atoms with Crippen LogP contribution in [0.25, 0.3) is 0 Å². The predicted molar refractivity (Wildman–Crippen MR) is 108 cm³/mol. The van der Waals surface area contributed by atoms with E-state index in [1.807, 2.05) is 6.92 Å². The van der Waals surface area contributed by atoms with Gasteiger partial charge in [0, 0.05) is 12.8 Å². The monoisotopic (exact) mass is 384 g/mol. The van der Waals surface area contributed by atoms with Crippen molar-refractivity contribution in [2.75, 3.05) is 13.2 Å². The molecule has 158 valence electrons. The largest absolute Gasteiger partial charge is 0.466 e. The summed E-state index contributed by atoms with van der Waals surface area (Å²) in [6.45, 7) is 4.40. The van der Waals surface area contributed by atoms with Crippen molar-refractivity contribution in [1.29, 1.82) is 0 Å². The lowest BCUT2D eigenvalue weighted by atomic mass is 10.0. The number of hydrogen-bond donors (Lipinski definition) is 0. The van der Waals surface area contributed by atoms with E-state index in [1.165, 1.54) is 51.4 Å². The molecule has 0 aliphatic carbocycles. The summed E-state index contributed by atoms with van der Waals surface area (Å²) in [6, 6.07) is 0. The van der Waals surface area contributed by atoms with E-state index in [1.54, 1.807) is 6.92 Å². The molecule has 0 aliphatic rings. The molecule has 0 aromatic carbocycles. The molecule has 0 spiro atoms. The highest BCUT2D eigenvalue weighted by Crippen LogP contribution is 2.13. The number of rotatable bonds is 19. The third kappa shape index (κ3) is 19.2. The number of carbonyl (C=O) groups excluding carboxylic acids is 3. The molecule has 0 rings (SSSR count). The van der Waals surface area contributed by atoms with Crippen molar-refractivity contribution >= 4 is 17.7 Å². The summed E-state index contributed by atoms with van der Waals surface area (Å²) in [4.78, 5) is 33.9. The number of ketones is 1. The van der Waals surface area contributed by atoms with Crippen LogP contribution in [0, 0.1) is 0 Å². The quantitative estimate of drug-likeness (QED) is 0.166. The number of esters is 2. The highest BCUT2D eigenvalue weighted by molar-refractivity contribution is 5.95. The molecule has 0 fully saturated rings. The average molecular weight is 385 g/mol. The minimum Gasteiger partial charge on any atom is -0.466 e. The van der Waals surface area contributed by atoms with Crippen LogP contribution < -0.4 is 0 Å². The first-order valence-electron chi connectivity index (χ1n) is 10.9. The van der Waals surface area contributed by atoms with Gasteiger partial charge in [-0.15, -0.1) is 0 Å². The van der Waals surface area contributed by atoms with Crippen molar-refractivity contribution in [2.45, 2.75) is 110 Å². The van der Waals surface area contributed by atoms with Gasteiger partial charge in [0.1, 0.15) is 12.2 Å². The summed E-state index contributed by atoms with van der Waals surface area (Å²) in [6.07, 6.45) is 15.0. The van der Waals surface area contributed by atoms with Gasteiger partial charge in [-0.05, 0) is 26.7 Å². The number of Topliss-reactive ketones (excluding diaryl/α,β-unsaturated/α-hetero) is 1. The Bertz CT molecular complexity index is 392. The molecule has 0 amide bonds. The van der Waals surface area contributed by atoms with Crippen LogP contribution in [0.4, 0.5) is 0 Å². The van der Waals surface area contributed by atoms with E-state index in [-0.39, 0.29) is 18.2 Å². The Morgan fingerprint density at radius 2 is 0.889 bits per heavy atom. The Morgan fingerprint density at radius 3 is 1.33 bits per heavy atom. The van der Waals surface area contributed by atoms with Crippen LogP contribution in [-0.2, 0) is 23.9 Å². The average Bonchev–Trinajstić information content (AvgIpc) is 2.62. The van der Waals surface area contributed by atoms with Crippen molar-refractivity contribution in [3.8, 4) is 0 Å². The molecule has 5 heteroatoms. The van der Waals surface area contributed by atoms with Crippen LogP contribution in [0.5, 0.6) is 0 Å². The zero-order valence-corrected chi connectivity index (χ0v) is 17.6. The van der Waals surface area contributed by atoms with E-state index < -0.39 is 5.97 Å². The molecule has 0 unspecified atom stereocenters. The van der Waals surface area contributed by atoms with Crippen molar-refractivity contribution < 1.29 is 23.9 Å². The van der Waals surface area contributed by atoms with Crippen LogP contribution >= 0.6 is 0 Å². The fraction of sp³-hybridized carbons (Fsp3) is 0.864. The van der Waals surface area contributed by atoms with E-state index in [0.717, 1.165) is 25.7 Å². The Kier molecular flexibility index (Phi) is 18.4. The molecule has 0 saturated heterocycles. The minimum absolute atomic E-state index is 0.00398. The summed E-state index contributed by atoms with van der Waals surface area (Å²) in [7, 11) is 0. The molecule has 0 aromatic heterocycles. The highest BCUT2D eigenvalue weighted by atomic mass is 16.5. The maximum absolute atomic E-state index is 11.6. The molecule has 0 aliphatic heterocycles. The Hall–Kier alpha value is -1.39. The van der Waals surface area contributed by atoms with Crippen molar-refractivity contribution in [3.63, 3.8) is 0 Å². The Labute approximate surface area is 165 Å². The molecule has 0 radical (unpaired) electrons. The lowest BCUT2D eigenvalue weighted by Gasteiger charge is -2.04. The smallest absolute Gasteiger partial charge is 0.313 e. The van der Waals surface area contributed by atoms with Gasteiger partial charge in [-0.25, -0.2) is 0 Å². The molecule has 0 bridgehead atoms. The molecule has 27 heavy (non-hydrogen) atoms. The molecule has 5 nitrogen and oxygen atoms in total. The standard InChI is InChI=1S/C22H40O5/c1-3-26-21(24)18-16-14-12-10-8-6-5-7-9-11-13-15-17-20(23)19-22(25)27-4-2/h3-19H2,1-2H3. The fourth-order valence-corrected chi connectivity index (χ4v) is 3.05. The van der Waals surface area contributed by atoms with Gasteiger partial charge in [0.25, 0.3) is 0 Å². The molecule has 0 saturated carbocycles. The van der Waals surface area contributed by atoms with Gasteiger partial charge < -0.3 is 9.47 Å². The summed E-state index contributed by atoms with van der Waals surface area (Å²) in [5.74, 6) is -0.474. The highest BCUT2D eigenvalue weighted by Gasteiger charge is 2.09. The van der Waals surface area contributed by atoms with Gasteiger partial charge in [-0.2, -0.15) is 0 Å². The molecule has 0 heterocycles. The number of ether oxygens (including phenoxy) is 2. The molecular formula is C22H40O5. The lowest BCUT2D eigenvalue weighted by molar-refractivity contribution is -0.146. The second kappa shape index (κ2) is 19.4. The zero-order chi connectivity index (χ0) is 20.2. The summed E-state index contributed by atoms with van der Waals surface area (Å²) < 4.78 is 9.68. The summed E-state index contributed by atoms with van der Waals surface area (Å²) in [5, 5.41) is 0. The first-order chi connectivity index (χ1) is 13.1.